The Labute approximate surface area is 142 Å². The number of ether oxygens (including phenoxy) is 2. The number of nitrogens with zero attached hydrogens (tertiary/aromatic N) is 1. The number of amides is 1. The van der Waals surface area contributed by atoms with Gasteiger partial charge in [-0.05, 0) is 24.3 Å². The first-order valence-corrected chi connectivity index (χ1v) is 7.58. The Kier molecular flexibility index (Phi) is 4.69. The molecule has 0 unspecified atom stereocenters. The van der Waals surface area contributed by atoms with Crippen molar-refractivity contribution in [1.82, 2.24) is 5.43 Å². The molecule has 7 heteroatoms. The maximum Gasteiger partial charge on any atom is 0.275 e. The lowest BCUT2D eigenvalue weighted by Crippen LogP contribution is -2.22. The van der Waals surface area contributed by atoms with E-state index in [4.69, 9.17) is 32.7 Å². The molecule has 0 radical (unpaired) electrons. The smallest absolute Gasteiger partial charge is 0.275 e. The van der Waals surface area contributed by atoms with Gasteiger partial charge >= 0.3 is 0 Å². The molecule has 1 N–H and O–H groups in total. The summed E-state index contributed by atoms with van der Waals surface area (Å²) in [6.07, 6.45) is 1.45. The molecule has 1 amide bonds. The average molecular weight is 351 g/mol. The van der Waals surface area contributed by atoms with Crippen molar-refractivity contribution in [3.8, 4) is 11.5 Å². The topological polar surface area (TPSA) is 59.9 Å². The van der Waals surface area contributed by atoms with Gasteiger partial charge in [0, 0.05) is 10.6 Å². The normalized spacial score (nSPS) is 13.1. The van der Waals surface area contributed by atoms with E-state index in [0.717, 1.165) is 0 Å². The van der Waals surface area contributed by atoms with Gasteiger partial charge in [0.2, 0.25) is 0 Å². The molecular formula is C16H12Cl2N2O3. The van der Waals surface area contributed by atoms with E-state index in [1.807, 2.05) is 0 Å². The van der Waals surface area contributed by atoms with Gasteiger partial charge in [0.1, 0.15) is 13.2 Å². The second kappa shape index (κ2) is 6.89. The summed E-state index contributed by atoms with van der Waals surface area (Å²) in [6.45, 7) is 0.867. The predicted molar refractivity (Wildman–Crippen MR) is 89.0 cm³/mol. The molecule has 0 aromatic heterocycles. The van der Waals surface area contributed by atoms with Gasteiger partial charge in [-0.2, -0.15) is 5.10 Å². The van der Waals surface area contributed by atoms with Crippen molar-refractivity contribution >= 4 is 35.3 Å². The molecule has 3 rings (SSSR count). The summed E-state index contributed by atoms with van der Waals surface area (Å²) in [7, 11) is 0. The van der Waals surface area contributed by atoms with Crippen molar-refractivity contribution in [2.24, 2.45) is 5.10 Å². The first kappa shape index (κ1) is 15.6. The predicted octanol–water partition coefficient (Wildman–Crippen LogP) is 3.53. The number of para-hydroxylation sites is 1. The summed E-state index contributed by atoms with van der Waals surface area (Å²) >= 11 is 11.9. The van der Waals surface area contributed by atoms with Gasteiger partial charge in [0.15, 0.2) is 11.5 Å². The number of hydrogen-bond donors (Lipinski definition) is 1. The number of hydrogen-bond acceptors (Lipinski definition) is 4. The van der Waals surface area contributed by atoms with Crippen LogP contribution in [0.2, 0.25) is 10.0 Å². The summed E-state index contributed by atoms with van der Waals surface area (Å²) < 4.78 is 10.9. The Morgan fingerprint density at radius 1 is 1.17 bits per heavy atom. The second-order valence-corrected chi connectivity index (χ2v) is 5.54. The molecule has 2 aromatic carbocycles. The zero-order valence-electron chi connectivity index (χ0n) is 11.9. The van der Waals surface area contributed by atoms with E-state index in [9.17, 15) is 4.79 Å². The van der Waals surface area contributed by atoms with Gasteiger partial charge < -0.3 is 9.47 Å². The van der Waals surface area contributed by atoms with Crippen molar-refractivity contribution in [3.63, 3.8) is 0 Å². The Hall–Kier alpha value is -2.24. The summed E-state index contributed by atoms with van der Waals surface area (Å²) in [5, 5.41) is 4.89. The molecule has 0 bridgehead atoms. The number of rotatable bonds is 3. The van der Waals surface area contributed by atoms with Gasteiger partial charge in [-0.25, -0.2) is 5.43 Å². The first-order chi connectivity index (χ1) is 11.1. The Morgan fingerprint density at radius 3 is 2.83 bits per heavy atom. The van der Waals surface area contributed by atoms with Crippen LogP contribution in [-0.4, -0.2) is 25.3 Å². The molecule has 1 aliphatic rings. The minimum atomic E-state index is -0.395. The number of benzene rings is 2. The lowest BCUT2D eigenvalue weighted by molar-refractivity contribution is 0.0944. The number of carbonyl (C=O) groups is 1. The molecule has 1 heterocycles. The van der Waals surface area contributed by atoms with Crippen LogP contribution >= 0.6 is 23.2 Å². The number of hydrazone groups is 1. The molecule has 0 saturated heterocycles. The number of carbonyl (C=O) groups excluding carboxylic acids is 1. The summed E-state index contributed by atoms with van der Waals surface area (Å²) in [6, 6.07) is 10.1. The fraction of sp³-hybridized carbons (Fsp3) is 0.125. The summed E-state index contributed by atoms with van der Waals surface area (Å²) in [4.78, 5) is 12.2. The molecule has 0 fully saturated rings. The Bertz CT molecular complexity index is 778. The van der Waals surface area contributed by atoms with E-state index in [1.54, 1.807) is 36.4 Å². The standard InChI is InChI=1S/C16H12Cl2N2O3/c17-11-5-4-10(13(18)8-11)9-19-20-16(21)12-2-1-3-14-15(12)23-7-6-22-14/h1-5,8-9H,6-7H2,(H,20,21). The highest BCUT2D eigenvalue weighted by Crippen LogP contribution is 2.33. The van der Waals surface area contributed by atoms with Crippen LogP contribution in [0.5, 0.6) is 11.5 Å². The van der Waals surface area contributed by atoms with Crippen molar-refractivity contribution in [3.05, 3.63) is 57.6 Å². The molecule has 1 aliphatic heterocycles. The van der Waals surface area contributed by atoms with E-state index >= 15 is 0 Å². The number of nitrogens with one attached hydrogen (secondary N) is 1. The minimum absolute atomic E-state index is 0.363. The average Bonchev–Trinajstić information content (AvgIpc) is 2.56. The third-order valence-electron chi connectivity index (χ3n) is 3.14. The SMILES string of the molecule is O=C(NN=Cc1ccc(Cl)cc1Cl)c1cccc2c1OCCO2. The molecule has 118 valence electrons. The molecule has 0 atom stereocenters. The van der Waals surface area contributed by atoms with Crippen LogP contribution < -0.4 is 14.9 Å². The fourth-order valence-corrected chi connectivity index (χ4v) is 2.54. The summed E-state index contributed by atoms with van der Waals surface area (Å²) in [5.74, 6) is 0.582. The van der Waals surface area contributed by atoms with E-state index in [-0.39, 0.29) is 0 Å². The van der Waals surface area contributed by atoms with Gasteiger partial charge in [-0.1, -0.05) is 35.3 Å². The first-order valence-electron chi connectivity index (χ1n) is 6.82. The molecule has 23 heavy (non-hydrogen) atoms. The largest absolute Gasteiger partial charge is 0.486 e. The highest BCUT2D eigenvalue weighted by molar-refractivity contribution is 6.36. The van der Waals surface area contributed by atoms with Crippen LogP contribution in [0.25, 0.3) is 0 Å². The van der Waals surface area contributed by atoms with Crippen molar-refractivity contribution in [2.75, 3.05) is 13.2 Å². The number of halogens is 2. The molecule has 0 aliphatic carbocycles. The van der Waals surface area contributed by atoms with Crippen LogP contribution in [0.4, 0.5) is 0 Å². The van der Waals surface area contributed by atoms with Gasteiger partial charge in [0.25, 0.3) is 5.91 Å². The third kappa shape index (κ3) is 3.57. The molecule has 5 nitrogen and oxygen atoms in total. The Balaban J connectivity index is 1.74. The highest BCUT2D eigenvalue weighted by Gasteiger charge is 2.19. The molecule has 2 aromatic rings. The minimum Gasteiger partial charge on any atom is -0.486 e. The molecule has 0 spiro atoms. The van der Waals surface area contributed by atoms with Crippen LogP contribution in [0.15, 0.2) is 41.5 Å². The summed E-state index contributed by atoms with van der Waals surface area (Å²) in [5.41, 5.74) is 3.45. The van der Waals surface area contributed by atoms with Gasteiger partial charge in [-0.15, -0.1) is 0 Å². The zero-order valence-corrected chi connectivity index (χ0v) is 13.4. The van der Waals surface area contributed by atoms with Crippen LogP contribution in [0.3, 0.4) is 0 Å². The van der Waals surface area contributed by atoms with E-state index in [0.29, 0.717) is 45.9 Å². The Morgan fingerprint density at radius 2 is 2.00 bits per heavy atom. The van der Waals surface area contributed by atoms with Crippen molar-refractivity contribution < 1.29 is 14.3 Å². The second-order valence-electron chi connectivity index (χ2n) is 4.69. The lowest BCUT2D eigenvalue weighted by Gasteiger charge is -2.20. The van der Waals surface area contributed by atoms with Gasteiger partial charge in [-0.3, -0.25) is 4.79 Å². The number of fused-ring (bicyclic) bond motifs is 1. The highest BCUT2D eigenvalue weighted by atomic mass is 35.5. The van der Waals surface area contributed by atoms with E-state index in [1.165, 1.54) is 6.21 Å². The fourth-order valence-electron chi connectivity index (χ4n) is 2.08. The maximum atomic E-state index is 12.2. The molecule has 0 saturated carbocycles. The van der Waals surface area contributed by atoms with Crippen molar-refractivity contribution in [1.29, 1.82) is 0 Å². The van der Waals surface area contributed by atoms with Crippen LogP contribution in [-0.2, 0) is 0 Å². The van der Waals surface area contributed by atoms with E-state index < -0.39 is 5.91 Å². The lowest BCUT2D eigenvalue weighted by atomic mass is 10.1. The van der Waals surface area contributed by atoms with Gasteiger partial charge in [0.05, 0.1) is 16.8 Å². The van der Waals surface area contributed by atoms with Crippen LogP contribution in [0, 0.1) is 0 Å². The van der Waals surface area contributed by atoms with E-state index in [2.05, 4.69) is 10.5 Å². The zero-order chi connectivity index (χ0) is 16.2. The molecular weight excluding hydrogens is 339 g/mol. The van der Waals surface area contributed by atoms with Crippen LogP contribution in [0.1, 0.15) is 15.9 Å². The quantitative estimate of drug-likeness (QED) is 0.680. The maximum absolute atomic E-state index is 12.2. The third-order valence-corrected chi connectivity index (χ3v) is 3.71. The monoisotopic (exact) mass is 350 g/mol. The van der Waals surface area contributed by atoms with Crippen molar-refractivity contribution in [2.45, 2.75) is 0 Å².